The van der Waals surface area contributed by atoms with Gasteiger partial charge in [-0.1, -0.05) is 72.8 Å². The molecule has 13 heteroatoms. The lowest BCUT2D eigenvalue weighted by molar-refractivity contribution is -0.157. The molecular formula is C37H37FN6O6. The third-order valence-corrected chi connectivity index (χ3v) is 9.08. The highest BCUT2D eigenvalue weighted by atomic mass is 19.1. The van der Waals surface area contributed by atoms with E-state index in [0.717, 1.165) is 27.5 Å². The maximum absolute atomic E-state index is 14.3. The highest BCUT2D eigenvalue weighted by Crippen LogP contribution is 2.31. The molecule has 50 heavy (non-hydrogen) atoms. The van der Waals surface area contributed by atoms with Gasteiger partial charge in [-0.05, 0) is 39.6 Å². The minimum atomic E-state index is -1.07. The van der Waals surface area contributed by atoms with Gasteiger partial charge in [-0.2, -0.15) is 10.3 Å². The first-order valence-electron chi connectivity index (χ1n) is 16.3. The van der Waals surface area contributed by atoms with Crippen LogP contribution in [0.5, 0.6) is 5.75 Å². The number of rotatable bonds is 11. The van der Waals surface area contributed by atoms with Gasteiger partial charge >= 0.3 is 12.0 Å². The summed E-state index contributed by atoms with van der Waals surface area (Å²) in [6.45, 7) is -0.305. The van der Waals surface area contributed by atoms with Crippen LogP contribution in [-0.2, 0) is 32.1 Å². The second-order valence-electron chi connectivity index (χ2n) is 12.2. The molecule has 0 spiro atoms. The Morgan fingerprint density at radius 2 is 1.86 bits per heavy atom. The molecule has 258 valence electrons. The molecule has 3 atom stereocenters. The van der Waals surface area contributed by atoms with E-state index < -0.39 is 30.4 Å². The van der Waals surface area contributed by atoms with Gasteiger partial charge in [-0.3, -0.25) is 9.59 Å². The van der Waals surface area contributed by atoms with Crippen molar-refractivity contribution in [3.8, 4) is 11.8 Å². The number of nitriles is 1. The highest BCUT2D eigenvalue weighted by Gasteiger charge is 2.52. The van der Waals surface area contributed by atoms with Gasteiger partial charge in [0.25, 0.3) is 0 Å². The molecule has 6 rings (SSSR count). The van der Waals surface area contributed by atoms with E-state index in [2.05, 4.69) is 10.1 Å². The fraction of sp³-hybridized carbons (Fsp3) is 0.324. The van der Waals surface area contributed by atoms with E-state index in [9.17, 15) is 28.8 Å². The molecule has 3 aliphatic rings. The number of ether oxygens (including phenoxy) is 2. The molecule has 0 bridgehead atoms. The summed E-state index contributed by atoms with van der Waals surface area (Å²) in [4.78, 5) is 56.4. The number of hydrazine groups is 1. The summed E-state index contributed by atoms with van der Waals surface area (Å²) < 4.78 is 23.6. The zero-order chi connectivity index (χ0) is 35.2. The van der Waals surface area contributed by atoms with Crippen molar-refractivity contribution < 1.29 is 33.0 Å². The van der Waals surface area contributed by atoms with Gasteiger partial charge in [0, 0.05) is 25.9 Å². The Morgan fingerprint density at radius 3 is 2.60 bits per heavy atom. The number of nitrogens with one attached hydrogen (secondary N) is 1. The Kier molecular flexibility index (Phi) is 10.4. The van der Waals surface area contributed by atoms with Crippen LogP contribution in [0.2, 0.25) is 0 Å². The topological polar surface area (TPSA) is 136 Å². The van der Waals surface area contributed by atoms with Gasteiger partial charge in [-0.15, -0.1) is 0 Å². The Labute approximate surface area is 288 Å². The lowest BCUT2D eigenvalue weighted by Gasteiger charge is -2.46. The molecule has 0 aromatic heterocycles. The average Bonchev–Trinajstić information content (AvgIpc) is 3.46. The van der Waals surface area contributed by atoms with Gasteiger partial charge in [0.1, 0.15) is 30.7 Å². The van der Waals surface area contributed by atoms with Gasteiger partial charge in [0.15, 0.2) is 6.61 Å². The van der Waals surface area contributed by atoms with Crippen molar-refractivity contribution in [2.24, 2.45) is 0 Å². The number of urea groups is 1. The van der Waals surface area contributed by atoms with Crippen molar-refractivity contribution in [1.29, 1.82) is 5.26 Å². The van der Waals surface area contributed by atoms with Crippen molar-refractivity contribution in [3.63, 3.8) is 0 Å². The predicted molar refractivity (Wildman–Crippen MR) is 181 cm³/mol. The van der Waals surface area contributed by atoms with Crippen LogP contribution in [-0.4, -0.2) is 102 Å². The number of benzene rings is 3. The minimum Gasteiger partial charge on any atom is -0.482 e. The lowest BCUT2D eigenvalue weighted by atomic mass is 9.99. The van der Waals surface area contributed by atoms with Crippen molar-refractivity contribution in [3.05, 3.63) is 102 Å². The molecule has 1 aliphatic carbocycles. The summed E-state index contributed by atoms with van der Waals surface area (Å²) in [6, 6.07) is 21.3. The number of carbonyl (C=O) groups is 4. The van der Waals surface area contributed by atoms with E-state index in [0.29, 0.717) is 5.75 Å². The Balaban J connectivity index is 1.28. The van der Waals surface area contributed by atoms with Crippen molar-refractivity contribution >= 4 is 34.6 Å². The van der Waals surface area contributed by atoms with Gasteiger partial charge in [0.2, 0.25) is 11.8 Å². The molecule has 1 N–H and O–H groups in total. The van der Waals surface area contributed by atoms with E-state index >= 15 is 0 Å². The first kappa shape index (κ1) is 34.1. The second kappa shape index (κ2) is 15.2. The smallest absolute Gasteiger partial charge is 0.343 e. The number of allylic oxidation sites excluding steroid dienone is 2. The number of fused-ring (bicyclic) bond motifs is 2. The van der Waals surface area contributed by atoms with Crippen LogP contribution < -0.4 is 10.1 Å². The number of amides is 4. The summed E-state index contributed by atoms with van der Waals surface area (Å²) in [7, 11) is 1.27. The van der Waals surface area contributed by atoms with Crippen LogP contribution in [0.15, 0.2) is 90.5 Å². The van der Waals surface area contributed by atoms with Crippen LogP contribution in [0.25, 0.3) is 10.8 Å². The van der Waals surface area contributed by atoms with E-state index in [1.807, 2.05) is 48.5 Å². The van der Waals surface area contributed by atoms with Crippen LogP contribution in [0.4, 0.5) is 9.18 Å². The largest absolute Gasteiger partial charge is 0.482 e. The predicted octanol–water partition coefficient (Wildman–Crippen LogP) is 3.49. The summed E-state index contributed by atoms with van der Waals surface area (Å²) in [5.74, 6) is -0.670. The summed E-state index contributed by atoms with van der Waals surface area (Å²) in [6.07, 6.45) is 3.35. The molecule has 2 saturated heterocycles. The molecule has 0 saturated carbocycles. The summed E-state index contributed by atoms with van der Waals surface area (Å²) >= 11 is 0. The molecule has 3 aromatic rings. The third kappa shape index (κ3) is 7.45. The van der Waals surface area contributed by atoms with E-state index in [1.54, 1.807) is 46.3 Å². The Hall–Kier alpha value is -5.74. The quantitative estimate of drug-likeness (QED) is 0.240. The molecular weight excluding hydrogens is 643 g/mol. The Bertz CT molecular complexity index is 1870. The highest BCUT2D eigenvalue weighted by molar-refractivity contribution is 5.92. The molecule has 3 aromatic carbocycles. The molecule has 0 radical (unpaired) electrons. The Morgan fingerprint density at radius 1 is 1.08 bits per heavy atom. The molecule has 2 heterocycles. The van der Waals surface area contributed by atoms with E-state index in [-0.39, 0.29) is 64.0 Å². The van der Waals surface area contributed by atoms with Crippen LogP contribution >= 0.6 is 0 Å². The zero-order valence-electron chi connectivity index (χ0n) is 27.5. The van der Waals surface area contributed by atoms with Gasteiger partial charge in [-0.25, -0.2) is 19.0 Å². The van der Waals surface area contributed by atoms with Crippen molar-refractivity contribution in [2.45, 2.75) is 37.8 Å². The fourth-order valence-corrected chi connectivity index (χ4v) is 6.56. The summed E-state index contributed by atoms with van der Waals surface area (Å²) in [5.41, 5.74) is 2.42. The van der Waals surface area contributed by atoms with Crippen LogP contribution in [0, 0.1) is 11.3 Å². The molecule has 12 nitrogen and oxygen atoms in total. The number of halogens is 1. The van der Waals surface area contributed by atoms with Gasteiger partial charge < -0.3 is 24.6 Å². The average molecular weight is 681 g/mol. The molecule has 1 unspecified atom stereocenters. The number of esters is 1. The molecule has 2 fully saturated rings. The van der Waals surface area contributed by atoms with Crippen LogP contribution in [0.3, 0.4) is 0 Å². The monoisotopic (exact) mass is 680 g/mol. The number of methoxy groups -OCH3 is 1. The summed E-state index contributed by atoms with van der Waals surface area (Å²) in [5, 5.41) is 17.3. The number of alkyl halides is 1. The standard InChI is InChI=1S/C37H37FN6O6/c1-49-35(46)24-50-30-15-11-25(12-16-30)19-32-36(47)41(21-28-7-4-6-27-5-2-3-8-31(27)28)22-33-43(23-34(45)44(32)33)42(18-17-39)37(48)40-20-26-9-13-29(38)14-10-26/h2-13,15-16,29,32-33H,14,18-24H2,1H3,(H,40,48)/t29?,32-,33+/m0/s1. The first-order valence-corrected chi connectivity index (χ1v) is 16.3. The van der Waals surface area contributed by atoms with Crippen LogP contribution in [0.1, 0.15) is 17.5 Å². The first-order chi connectivity index (χ1) is 24.2. The normalized spacial score (nSPS) is 20.3. The van der Waals surface area contributed by atoms with Gasteiger partial charge in [0.05, 0.1) is 26.3 Å². The number of piperazine rings is 1. The van der Waals surface area contributed by atoms with E-state index in [1.165, 1.54) is 23.1 Å². The lowest BCUT2D eigenvalue weighted by Crippen LogP contribution is -2.66. The maximum Gasteiger partial charge on any atom is 0.343 e. The second-order valence-corrected chi connectivity index (χ2v) is 12.2. The van der Waals surface area contributed by atoms with E-state index in [4.69, 9.17) is 4.74 Å². The minimum absolute atomic E-state index is 0.103. The maximum atomic E-state index is 14.3. The molecule has 2 aliphatic heterocycles. The third-order valence-electron chi connectivity index (χ3n) is 9.08. The molecule has 4 amide bonds. The number of hydrogen-bond acceptors (Lipinski definition) is 8. The zero-order valence-corrected chi connectivity index (χ0v) is 27.5. The number of hydrogen-bond donors (Lipinski definition) is 1. The SMILES string of the molecule is COC(=O)COc1ccc(C[C@H]2C(=O)N(Cc3cccc4ccccc34)C[C@H]3N2C(=O)CN3N(CC#N)C(=O)NCC2=CCC(F)C=C2)cc1. The number of nitrogens with zero attached hydrogens (tertiary/aromatic N) is 5. The van der Waals surface area contributed by atoms with Crippen molar-refractivity contribution in [1.82, 2.24) is 25.1 Å². The number of carbonyl (C=O) groups excluding carboxylic acids is 4. The fourth-order valence-electron chi connectivity index (χ4n) is 6.56. The van der Waals surface area contributed by atoms with Crippen molar-refractivity contribution in [2.75, 3.05) is 39.9 Å².